The third-order valence-corrected chi connectivity index (χ3v) is 7.33. The van der Waals surface area contributed by atoms with Crippen LogP contribution in [-0.2, 0) is 6.54 Å². The van der Waals surface area contributed by atoms with Crippen molar-refractivity contribution in [2.75, 3.05) is 0 Å². The molecule has 0 aliphatic rings. The maximum absolute atomic E-state index is 13.5. The summed E-state index contributed by atoms with van der Waals surface area (Å²) in [4.78, 5) is 5.72. The standard InChI is InChI=1S/C29H23FN6S/c1-19-8-10-21(11-9-19)16-35-18-26(32-34-35)25-17-36(24-6-4-3-5-7-24)33-27(25)28-20(2)31-29(37-28)22-12-14-23(30)15-13-22/h3-15,17-18H,16H2,1-2H3. The van der Waals surface area contributed by atoms with Gasteiger partial charge in [0.05, 0.1) is 34.6 Å². The lowest BCUT2D eigenvalue weighted by Crippen LogP contribution is -2.00. The van der Waals surface area contributed by atoms with Gasteiger partial charge in [-0.3, -0.25) is 0 Å². The SMILES string of the molecule is Cc1ccc(Cn2cc(-c3cn(-c4ccccc4)nc3-c3sc(-c4ccc(F)cc4)nc3C)nn2)cc1. The Labute approximate surface area is 217 Å². The third-order valence-electron chi connectivity index (χ3n) is 6.12. The first-order valence-corrected chi connectivity index (χ1v) is 12.7. The van der Waals surface area contributed by atoms with E-state index in [1.165, 1.54) is 29.0 Å². The van der Waals surface area contributed by atoms with Crippen molar-refractivity contribution in [1.29, 1.82) is 0 Å². The molecule has 3 heterocycles. The lowest BCUT2D eigenvalue weighted by molar-refractivity contribution is 0.628. The highest BCUT2D eigenvalue weighted by Gasteiger charge is 2.22. The molecule has 0 aliphatic carbocycles. The van der Waals surface area contributed by atoms with Crippen LogP contribution in [0.2, 0.25) is 0 Å². The van der Waals surface area contributed by atoms with Crippen LogP contribution in [0.3, 0.4) is 0 Å². The number of benzene rings is 3. The van der Waals surface area contributed by atoms with Crippen molar-refractivity contribution in [1.82, 2.24) is 29.8 Å². The average molecular weight is 507 g/mol. The van der Waals surface area contributed by atoms with E-state index in [0.29, 0.717) is 6.54 Å². The lowest BCUT2D eigenvalue weighted by Gasteiger charge is -2.01. The van der Waals surface area contributed by atoms with Crippen LogP contribution in [0.4, 0.5) is 4.39 Å². The topological polar surface area (TPSA) is 61.4 Å². The lowest BCUT2D eigenvalue weighted by atomic mass is 10.1. The van der Waals surface area contributed by atoms with Gasteiger partial charge in [0.2, 0.25) is 0 Å². The van der Waals surface area contributed by atoms with Gasteiger partial charge in [-0.25, -0.2) is 18.7 Å². The van der Waals surface area contributed by atoms with Crippen molar-refractivity contribution in [2.24, 2.45) is 0 Å². The van der Waals surface area contributed by atoms with Crippen LogP contribution in [0.5, 0.6) is 0 Å². The Morgan fingerprint density at radius 2 is 1.62 bits per heavy atom. The average Bonchev–Trinajstić information content (AvgIpc) is 3.65. The monoisotopic (exact) mass is 506 g/mol. The molecule has 6 nitrogen and oxygen atoms in total. The van der Waals surface area contributed by atoms with Crippen molar-refractivity contribution in [3.8, 4) is 38.1 Å². The predicted octanol–water partition coefficient (Wildman–Crippen LogP) is 6.73. The molecule has 0 unspecified atom stereocenters. The van der Waals surface area contributed by atoms with Crippen molar-refractivity contribution in [3.05, 3.63) is 114 Å². The number of nitrogens with zero attached hydrogens (tertiary/aromatic N) is 6. The first-order valence-electron chi connectivity index (χ1n) is 11.9. The zero-order valence-electron chi connectivity index (χ0n) is 20.3. The van der Waals surface area contributed by atoms with Crippen LogP contribution < -0.4 is 0 Å². The van der Waals surface area contributed by atoms with Crippen LogP contribution in [0, 0.1) is 19.7 Å². The summed E-state index contributed by atoms with van der Waals surface area (Å²) in [6.07, 6.45) is 3.94. The molecule has 0 spiro atoms. The number of hydrogen-bond donors (Lipinski definition) is 0. The first kappa shape index (κ1) is 23.0. The van der Waals surface area contributed by atoms with E-state index in [1.807, 2.05) is 59.0 Å². The second-order valence-corrected chi connectivity index (χ2v) is 9.90. The van der Waals surface area contributed by atoms with E-state index >= 15 is 0 Å². The summed E-state index contributed by atoms with van der Waals surface area (Å²) in [7, 11) is 0. The number of thiazole rings is 1. The third kappa shape index (κ3) is 4.71. The highest BCUT2D eigenvalue weighted by atomic mass is 32.1. The van der Waals surface area contributed by atoms with Crippen molar-refractivity contribution >= 4 is 11.3 Å². The van der Waals surface area contributed by atoms with Gasteiger partial charge < -0.3 is 0 Å². The number of para-hydroxylation sites is 1. The highest BCUT2D eigenvalue weighted by molar-refractivity contribution is 7.18. The van der Waals surface area contributed by atoms with Crippen LogP contribution in [0.25, 0.3) is 38.1 Å². The van der Waals surface area contributed by atoms with Crippen LogP contribution in [0.1, 0.15) is 16.8 Å². The minimum absolute atomic E-state index is 0.269. The summed E-state index contributed by atoms with van der Waals surface area (Å²) in [5.74, 6) is -0.269. The Bertz CT molecular complexity index is 1660. The molecule has 0 N–H and O–H groups in total. The van der Waals surface area contributed by atoms with Crippen molar-refractivity contribution in [3.63, 3.8) is 0 Å². The summed E-state index contributed by atoms with van der Waals surface area (Å²) in [5.41, 5.74) is 7.45. The molecule has 0 atom stereocenters. The molecule has 6 rings (SSSR count). The Morgan fingerprint density at radius 1 is 0.865 bits per heavy atom. The van der Waals surface area contributed by atoms with Crippen LogP contribution in [0.15, 0.2) is 91.3 Å². The largest absolute Gasteiger partial charge is 0.247 e. The molecule has 3 aromatic heterocycles. The van der Waals surface area contributed by atoms with Gasteiger partial charge in [-0.1, -0.05) is 53.2 Å². The van der Waals surface area contributed by atoms with Crippen molar-refractivity contribution < 1.29 is 4.39 Å². The zero-order valence-corrected chi connectivity index (χ0v) is 21.2. The van der Waals surface area contributed by atoms with Crippen molar-refractivity contribution in [2.45, 2.75) is 20.4 Å². The molecule has 0 amide bonds. The first-order chi connectivity index (χ1) is 18.0. The molecule has 8 heteroatoms. The Kier molecular flexibility index (Phi) is 5.94. The van der Waals surface area contributed by atoms with E-state index in [9.17, 15) is 4.39 Å². The minimum atomic E-state index is -0.269. The van der Waals surface area contributed by atoms with Gasteiger partial charge in [-0.15, -0.1) is 16.4 Å². The van der Waals surface area contributed by atoms with Gasteiger partial charge in [0, 0.05) is 11.8 Å². The second-order valence-electron chi connectivity index (χ2n) is 8.90. The molecule has 0 saturated heterocycles. The number of halogens is 1. The van der Waals surface area contributed by atoms with Gasteiger partial charge >= 0.3 is 0 Å². The van der Waals surface area contributed by atoms with E-state index < -0.39 is 0 Å². The maximum atomic E-state index is 13.5. The van der Waals surface area contributed by atoms with E-state index in [1.54, 1.807) is 12.1 Å². The molecule has 0 fully saturated rings. The van der Waals surface area contributed by atoms with Gasteiger partial charge in [-0.2, -0.15) is 5.10 Å². The maximum Gasteiger partial charge on any atom is 0.124 e. The fraction of sp³-hybridized carbons (Fsp3) is 0.103. The normalized spacial score (nSPS) is 11.2. The molecule has 182 valence electrons. The number of hydrogen-bond acceptors (Lipinski definition) is 5. The van der Waals surface area contributed by atoms with Crippen LogP contribution in [-0.4, -0.2) is 29.8 Å². The molecule has 6 aromatic rings. The zero-order chi connectivity index (χ0) is 25.4. The summed E-state index contributed by atoms with van der Waals surface area (Å²) in [5, 5.41) is 14.7. The number of rotatable bonds is 6. The highest BCUT2D eigenvalue weighted by Crippen LogP contribution is 2.39. The van der Waals surface area contributed by atoms with Gasteiger partial charge in [-0.05, 0) is 55.8 Å². The van der Waals surface area contributed by atoms with E-state index in [4.69, 9.17) is 10.1 Å². The quantitative estimate of drug-likeness (QED) is 0.251. The second kappa shape index (κ2) is 9.55. The molecule has 0 bridgehead atoms. The molecular formula is C29H23FN6S. The smallest absolute Gasteiger partial charge is 0.124 e. The van der Waals surface area contributed by atoms with E-state index in [0.717, 1.165) is 49.3 Å². The Morgan fingerprint density at radius 3 is 2.38 bits per heavy atom. The molecule has 0 saturated carbocycles. The number of aromatic nitrogens is 6. The molecule has 0 radical (unpaired) electrons. The number of aryl methyl sites for hydroxylation is 2. The van der Waals surface area contributed by atoms with Gasteiger partial charge in [0.15, 0.2) is 0 Å². The fourth-order valence-corrected chi connectivity index (χ4v) is 5.22. The molecule has 37 heavy (non-hydrogen) atoms. The Hall–Kier alpha value is -4.43. The van der Waals surface area contributed by atoms with E-state index in [2.05, 4.69) is 41.5 Å². The van der Waals surface area contributed by atoms with Crippen LogP contribution >= 0.6 is 11.3 Å². The van der Waals surface area contributed by atoms with Gasteiger partial charge in [0.25, 0.3) is 0 Å². The summed E-state index contributed by atoms with van der Waals surface area (Å²) >= 11 is 1.54. The summed E-state index contributed by atoms with van der Waals surface area (Å²) < 4.78 is 17.2. The molecule has 0 aliphatic heterocycles. The molecule has 3 aromatic carbocycles. The van der Waals surface area contributed by atoms with Gasteiger partial charge in [0.1, 0.15) is 22.2 Å². The summed E-state index contributed by atoms with van der Waals surface area (Å²) in [6.45, 7) is 4.67. The molecular weight excluding hydrogens is 483 g/mol. The van der Waals surface area contributed by atoms with E-state index in [-0.39, 0.29) is 5.82 Å². The Balaban J connectivity index is 1.42. The summed E-state index contributed by atoms with van der Waals surface area (Å²) in [6, 6.07) is 24.8. The fourth-order valence-electron chi connectivity index (χ4n) is 4.15. The minimum Gasteiger partial charge on any atom is -0.247 e. The predicted molar refractivity (Wildman–Crippen MR) is 144 cm³/mol.